The summed E-state index contributed by atoms with van der Waals surface area (Å²) in [5.74, 6) is 0.353. The first-order valence-electron chi connectivity index (χ1n) is 8.63. The molecule has 1 saturated heterocycles. The standard InChI is InChI=1S/C19H24N2O2/c1-3-7-21-11-13(19(22)23-2)8-15-14-5-4-6-16-18(14)12(10-20-16)9-17(15)21/h4-6,10,13,15,17,20H,3,7-9,11H2,1-2H3/t13-,15-,17-/m1/s1. The zero-order valence-corrected chi connectivity index (χ0v) is 13.8. The summed E-state index contributed by atoms with van der Waals surface area (Å²) in [7, 11) is 1.50. The summed E-state index contributed by atoms with van der Waals surface area (Å²) in [6, 6.07) is 7.03. The molecule has 2 aliphatic rings. The Bertz CT molecular complexity index is 736. The maximum Gasteiger partial charge on any atom is 0.309 e. The van der Waals surface area contributed by atoms with E-state index >= 15 is 0 Å². The number of hydrogen-bond donors (Lipinski definition) is 1. The number of H-pyrrole nitrogens is 1. The Kier molecular flexibility index (Phi) is 3.64. The number of hydrogen-bond acceptors (Lipinski definition) is 3. The summed E-state index contributed by atoms with van der Waals surface area (Å²) >= 11 is 0. The van der Waals surface area contributed by atoms with Gasteiger partial charge in [-0.1, -0.05) is 19.1 Å². The van der Waals surface area contributed by atoms with Crippen LogP contribution in [0.4, 0.5) is 0 Å². The monoisotopic (exact) mass is 312 g/mol. The number of rotatable bonds is 3. The Balaban J connectivity index is 1.77. The van der Waals surface area contributed by atoms with Crippen molar-refractivity contribution in [3.63, 3.8) is 0 Å². The lowest BCUT2D eigenvalue weighted by atomic mass is 9.72. The van der Waals surface area contributed by atoms with Gasteiger partial charge in [0.05, 0.1) is 13.0 Å². The third-order valence-corrected chi connectivity index (χ3v) is 5.62. The van der Waals surface area contributed by atoms with Crippen molar-refractivity contribution >= 4 is 16.9 Å². The van der Waals surface area contributed by atoms with Gasteiger partial charge in [-0.25, -0.2) is 0 Å². The highest BCUT2D eigenvalue weighted by molar-refractivity contribution is 5.88. The smallest absolute Gasteiger partial charge is 0.309 e. The predicted molar refractivity (Wildman–Crippen MR) is 90.5 cm³/mol. The number of ether oxygens (including phenoxy) is 1. The van der Waals surface area contributed by atoms with E-state index < -0.39 is 0 Å². The van der Waals surface area contributed by atoms with Crippen molar-refractivity contribution < 1.29 is 9.53 Å². The third kappa shape index (κ3) is 2.27. The lowest BCUT2D eigenvalue weighted by molar-refractivity contribution is -0.148. The second-order valence-electron chi connectivity index (χ2n) is 6.91. The van der Waals surface area contributed by atoms with Gasteiger partial charge in [0.1, 0.15) is 0 Å². The average Bonchev–Trinajstić information content (AvgIpc) is 2.99. The van der Waals surface area contributed by atoms with E-state index in [1.165, 1.54) is 29.1 Å². The van der Waals surface area contributed by atoms with Crippen LogP contribution in [0.15, 0.2) is 24.4 Å². The van der Waals surface area contributed by atoms with E-state index in [0.29, 0.717) is 12.0 Å². The summed E-state index contributed by atoms with van der Waals surface area (Å²) < 4.78 is 5.05. The van der Waals surface area contributed by atoms with Crippen LogP contribution in [0.1, 0.15) is 36.8 Å². The lowest BCUT2D eigenvalue weighted by Crippen LogP contribution is -2.51. The molecule has 1 aromatic heterocycles. The van der Waals surface area contributed by atoms with Crippen molar-refractivity contribution in [2.75, 3.05) is 20.2 Å². The molecule has 4 nitrogen and oxygen atoms in total. The van der Waals surface area contributed by atoms with Crippen molar-refractivity contribution in [2.24, 2.45) is 5.92 Å². The van der Waals surface area contributed by atoms with Crippen LogP contribution in [0.5, 0.6) is 0 Å². The number of piperidine rings is 1. The van der Waals surface area contributed by atoms with E-state index in [0.717, 1.165) is 32.4 Å². The molecule has 23 heavy (non-hydrogen) atoms. The topological polar surface area (TPSA) is 45.3 Å². The van der Waals surface area contributed by atoms with Crippen LogP contribution >= 0.6 is 0 Å². The molecule has 1 fully saturated rings. The number of benzene rings is 1. The van der Waals surface area contributed by atoms with Crippen molar-refractivity contribution in [3.05, 3.63) is 35.5 Å². The molecule has 3 atom stereocenters. The molecule has 4 heteroatoms. The molecule has 0 unspecified atom stereocenters. The Morgan fingerprint density at radius 2 is 2.30 bits per heavy atom. The van der Waals surface area contributed by atoms with Crippen molar-refractivity contribution in [1.82, 2.24) is 9.88 Å². The summed E-state index contributed by atoms with van der Waals surface area (Å²) in [4.78, 5) is 18.1. The number of fused-ring (bicyclic) bond motifs is 2. The molecule has 1 aliphatic carbocycles. The quantitative estimate of drug-likeness (QED) is 0.886. The van der Waals surface area contributed by atoms with Gasteiger partial charge in [-0.3, -0.25) is 9.69 Å². The van der Waals surface area contributed by atoms with Gasteiger partial charge >= 0.3 is 5.97 Å². The SMILES string of the molecule is CCCN1C[C@H](C(=O)OC)C[C@@H]2c3cccc4[nH]cc(c34)C[C@H]21. The molecule has 2 heterocycles. The van der Waals surface area contributed by atoms with E-state index in [2.05, 4.69) is 41.2 Å². The van der Waals surface area contributed by atoms with E-state index in [1.54, 1.807) is 0 Å². The van der Waals surface area contributed by atoms with E-state index in [-0.39, 0.29) is 11.9 Å². The van der Waals surface area contributed by atoms with Gasteiger partial charge in [-0.05, 0) is 43.0 Å². The lowest BCUT2D eigenvalue weighted by Gasteiger charge is -2.46. The van der Waals surface area contributed by atoms with Gasteiger partial charge in [-0.2, -0.15) is 0 Å². The van der Waals surface area contributed by atoms with Crippen LogP contribution in [0.25, 0.3) is 10.9 Å². The van der Waals surface area contributed by atoms with Crippen LogP contribution in [0, 0.1) is 5.92 Å². The normalized spacial score (nSPS) is 27.0. The summed E-state index contributed by atoms with van der Waals surface area (Å²) in [5.41, 5.74) is 4.05. The number of carbonyl (C=O) groups excluding carboxylic acids is 1. The summed E-state index contributed by atoms with van der Waals surface area (Å²) in [6.07, 6.45) is 5.26. The molecule has 1 aromatic carbocycles. The van der Waals surface area contributed by atoms with Gasteiger partial charge in [-0.15, -0.1) is 0 Å². The fraction of sp³-hybridized carbons (Fsp3) is 0.526. The molecular formula is C19H24N2O2. The molecule has 0 spiro atoms. The minimum Gasteiger partial charge on any atom is -0.469 e. The minimum atomic E-state index is -0.0587. The number of methoxy groups -OCH3 is 1. The molecular weight excluding hydrogens is 288 g/mol. The molecule has 1 N–H and O–H groups in total. The van der Waals surface area contributed by atoms with Crippen molar-refractivity contribution in [3.8, 4) is 0 Å². The largest absolute Gasteiger partial charge is 0.469 e. The molecule has 122 valence electrons. The Morgan fingerprint density at radius 1 is 1.43 bits per heavy atom. The van der Waals surface area contributed by atoms with Crippen molar-refractivity contribution in [2.45, 2.75) is 38.1 Å². The zero-order valence-electron chi connectivity index (χ0n) is 13.8. The highest BCUT2D eigenvalue weighted by Gasteiger charge is 2.42. The number of likely N-dealkylation sites (tertiary alicyclic amines) is 1. The maximum absolute atomic E-state index is 12.2. The van der Waals surface area contributed by atoms with Crippen molar-refractivity contribution in [1.29, 1.82) is 0 Å². The summed E-state index contributed by atoms with van der Waals surface area (Å²) in [5, 5.41) is 1.38. The first-order chi connectivity index (χ1) is 11.2. The van der Waals surface area contributed by atoms with Gasteiger partial charge in [0.25, 0.3) is 0 Å². The highest BCUT2D eigenvalue weighted by atomic mass is 16.5. The minimum absolute atomic E-state index is 0.0106. The molecule has 0 amide bonds. The van der Waals surface area contributed by atoms with Gasteiger partial charge in [0.2, 0.25) is 0 Å². The average molecular weight is 312 g/mol. The van der Waals surface area contributed by atoms with Gasteiger partial charge < -0.3 is 9.72 Å². The fourth-order valence-electron chi connectivity index (χ4n) is 4.68. The van der Waals surface area contributed by atoms with Crippen LogP contribution in [0.2, 0.25) is 0 Å². The zero-order chi connectivity index (χ0) is 16.0. The number of esters is 1. The molecule has 0 radical (unpaired) electrons. The van der Waals surface area contributed by atoms with E-state index in [9.17, 15) is 4.79 Å². The Hall–Kier alpha value is -1.81. The van der Waals surface area contributed by atoms with E-state index in [1.807, 2.05) is 0 Å². The molecule has 1 aliphatic heterocycles. The first-order valence-corrected chi connectivity index (χ1v) is 8.63. The fourth-order valence-corrected chi connectivity index (χ4v) is 4.68. The predicted octanol–water partition coefficient (Wildman–Crippen LogP) is 3.08. The molecule has 2 aromatic rings. The number of carbonyl (C=O) groups is 1. The molecule has 0 bridgehead atoms. The molecule has 0 saturated carbocycles. The van der Waals surface area contributed by atoms with E-state index in [4.69, 9.17) is 4.74 Å². The molecule has 4 rings (SSSR count). The second kappa shape index (κ2) is 5.68. The van der Waals surface area contributed by atoms with Crippen LogP contribution in [-0.4, -0.2) is 42.1 Å². The third-order valence-electron chi connectivity index (χ3n) is 5.62. The highest BCUT2D eigenvalue weighted by Crippen LogP contribution is 2.44. The van der Waals surface area contributed by atoms with Crippen LogP contribution in [0.3, 0.4) is 0 Å². The Morgan fingerprint density at radius 3 is 3.09 bits per heavy atom. The summed E-state index contributed by atoms with van der Waals surface area (Å²) in [6.45, 7) is 4.09. The first kappa shape index (κ1) is 14.8. The van der Waals surface area contributed by atoms with Crippen LogP contribution in [-0.2, 0) is 16.0 Å². The Labute approximate surface area is 136 Å². The number of nitrogens with one attached hydrogen (secondary N) is 1. The van der Waals surface area contributed by atoms with Gasteiger partial charge in [0, 0.05) is 35.6 Å². The van der Waals surface area contributed by atoms with Gasteiger partial charge in [0.15, 0.2) is 0 Å². The number of nitrogens with zero attached hydrogens (tertiary/aromatic N) is 1. The van der Waals surface area contributed by atoms with Crippen LogP contribution < -0.4 is 0 Å². The maximum atomic E-state index is 12.2. The number of aromatic nitrogens is 1. The number of aromatic amines is 1. The second-order valence-corrected chi connectivity index (χ2v) is 6.91.